The Morgan fingerprint density at radius 2 is 2.38 bits per heavy atom. The Morgan fingerprint density at radius 1 is 1.62 bits per heavy atom. The fourth-order valence-electron chi connectivity index (χ4n) is 1.33. The van der Waals surface area contributed by atoms with Crippen molar-refractivity contribution in [3.8, 4) is 0 Å². The molecule has 1 unspecified atom stereocenters. The van der Waals surface area contributed by atoms with E-state index in [2.05, 4.69) is 24.5 Å². The Morgan fingerprint density at radius 3 is 2.92 bits per heavy atom. The number of rotatable bonds is 3. The predicted molar refractivity (Wildman–Crippen MR) is 57.8 cm³/mol. The number of nitrogens with one attached hydrogen (secondary N) is 2. The van der Waals surface area contributed by atoms with Gasteiger partial charge in [-0.1, -0.05) is 0 Å². The van der Waals surface area contributed by atoms with Gasteiger partial charge in [-0.25, -0.2) is 0 Å². The lowest BCUT2D eigenvalue weighted by Gasteiger charge is -2.15. The molecule has 0 radical (unpaired) electrons. The Labute approximate surface area is 85.2 Å². The molecule has 1 aliphatic heterocycles. The fourth-order valence-corrected chi connectivity index (χ4v) is 1.64. The molecular weight excluding hydrogens is 184 g/mol. The van der Waals surface area contributed by atoms with E-state index >= 15 is 0 Å². The van der Waals surface area contributed by atoms with Gasteiger partial charge >= 0.3 is 0 Å². The molecule has 4 heteroatoms. The fraction of sp³-hybridized carbons (Fsp3) is 0.889. The van der Waals surface area contributed by atoms with E-state index in [0.29, 0.717) is 12.1 Å². The highest BCUT2D eigenvalue weighted by molar-refractivity contribution is 7.80. The van der Waals surface area contributed by atoms with Crippen molar-refractivity contribution in [2.45, 2.75) is 38.8 Å². The van der Waals surface area contributed by atoms with Crippen molar-refractivity contribution in [2.75, 3.05) is 13.2 Å². The van der Waals surface area contributed by atoms with Gasteiger partial charge in [0.05, 0.1) is 6.10 Å². The lowest BCUT2D eigenvalue weighted by Crippen LogP contribution is -2.42. The second-order valence-corrected chi connectivity index (χ2v) is 4.05. The van der Waals surface area contributed by atoms with Crippen molar-refractivity contribution >= 4 is 17.3 Å². The average Bonchev–Trinajstić information content (AvgIpc) is 2.51. The number of hydrogen-bond acceptors (Lipinski definition) is 2. The number of ether oxygens (including phenoxy) is 1. The van der Waals surface area contributed by atoms with Gasteiger partial charge in [0.2, 0.25) is 0 Å². The van der Waals surface area contributed by atoms with Gasteiger partial charge in [0.25, 0.3) is 0 Å². The zero-order chi connectivity index (χ0) is 9.68. The summed E-state index contributed by atoms with van der Waals surface area (Å²) in [6.45, 7) is 5.87. The summed E-state index contributed by atoms with van der Waals surface area (Å²) in [5, 5.41) is 7.01. The van der Waals surface area contributed by atoms with E-state index in [1.165, 1.54) is 6.42 Å². The Kier molecular flexibility index (Phi) is 4.45. The first-order chi connectivity index (χ1) is 6.18. The lowest BCUT2D eigenvalue weighted by molar-refractivity contribution is 0.114. The van der Waals surface area contributed by atoms with Crippen molar-refractivity contribution in [3.05, 3.63) is 0 Å². The van der Waals surface area contributed by atoms with Crippen LogP contribution in [0.3, 0.4) is 0 Å². The molecule has 1 heterocycles. The van der Waals surface area contributed by atoms with Crippen molar-refractivity contribution in [1.29, 1.82) is 0 Å². The van der Waals surface area contributed by atoms with Crippen LogP contribution in [-0.4, -0.2) is 30.4 Å². The molecule has 3 nitrogen and oxygen atoms in total. The summed E-state index contributed by atoms with van der Waals surface area (Å²) in [4.78, 5) is 0. The molecule has 1 saturated heterocycles. The number of hydrogen-bond donors (Lipinski definition) is 2. The quantitative estimate of drug-likeness (QED) is 0.670. The van der Waals surface area contributed by atoms with Gasteiger partial charge in [-0.3, -0.25) is 0 Å². The topological polar surface area (TPSA) is 33.3 Å². The molecule has 0 aliphatic carbocycles. The minimum Gasteiger partial charge on any atom is -0.376 e. The van der Waals surface area contributed by atoms with E-state index < -0.39 is 0 Å². The van der Waals surface area contributed by atoms with E-state index in [9.17, 15) is 0 Å². The third kappa shape index (κ3) is 4.43. The molecule has 1 fully saturated rings. The lowest BCUT2D eigenvalue weighted by atomic mass is 10.2. The van der Waals surface area contributed by atoms with Crippen LogP contribution in [0.25, 0.3) is 0 Å². The van der Waals surface area contributed by atoms with Gasteiger partial charge in [-0.2, -0.15) is 0 Å². The summed E-state index contributed by atoms with van der Waals surface area (Å²) in [5.41, 5.74) is 0. The van der Waals surface area contributed by atoms with Gasteiger partial charge in [-0.05, 0) is 38.9 Å². The van der Waals surface area contributed by atoms with E-state index in [4.69, 9.17) is 17.0 Å². The summed E-state index contributed by atoms with van der Waals surface area (Å²) in [6, 6.07) is 0.393. The second-order valence-electron chi connectivity index (χ2n) is 3.64. The van der Waals surface area contributed by atoms with Crippen LogP contribution < -0.4 is 10.6 Å². The van der Waals surface area contributed by atoms with Crippen LogP contribution in [0.2, 0.25) is 0 Å². The smallest absolute Gasteiger partial charge is 0.166 e. The largest absolute Gasteiger partial charge is 0.376 e. The molecule has 76 valence electrons. The maximum absolute atomic E-state index is 5.46. The highest BCUT2D eigenvalue weighted by Gasteiger charge is 2.15. The van der Waals surface area contributed by atoms with E-state index in [1.54, 1.807) is 0 Å². The Hall–Kier alpha value is -0.350. The number of thiocarbonyl (C=S) groups is 1. The molecule has 1 rings (SSSR count). The van der Waals surface area contributed by atoms with Crippen LogP contribution >= 0.6 is 12.2 Å². The molecule has 0 spiro atoms. The monoisotopic (exact) mass is 202 g/mol. The van der Waals surface area contributed by atoms with E-state index in [1.807, 2.05) is 0 Å². The molecule has 1 aliphatic rings. The van der Waals surface area contributed by atoms with Crippen LogP contribution in [0.5, 0.6) is 0 Å². The normalized spacial score (nSPS) is 21.9. The Bertz CT molecular complexity index is 167. The zero-order valence-electron chi connectivity index (χ0n) is 8.30. The molecule has 0 aromatic carbocycles. The minimum atomic E-state index is 0.354. The van der Waals surface area contributed by atoms with Gasteiger partial charge in [0.15, 0.2) is 5.11 Å². The van der Waals surface area contributed by atoms with Gasteiger partial charge < -0.3 is 15.4 Å². The third-order valence-electron chi connectivity index (χ3n) is 1.93. The molecule has 2 N–H and O–H groups in total. The van der Waals surface area contributed by atoms with E-state index in [-0.39, 0.29) is 0 Å². The molecule has 0 aromatic rings. The van der Waals surface area contributed by atoms with Crippen LogP contribution in [-0.2, 0) is 4.74 Å². The maximum Gasteiger partial charge on any atom is 0.166 e. The molecule has 0 amide bonds. The molecule has 0 aromatic heterocycles. The van der Waals surface area contributed by atoms with Crippen LogP contribution in [0.15, 0.2) is 0 Å². The maximum atomic E-state index is 5.46. The van der Waals surface area contributed by atoms with Crippen LogP contribution in [0, 0.1) is 0 Å². The van der Waals surface area contributed by atoms with Gasteiger partial charge in [-0.15, -0.1) is 0 Å². The molecule has 0 bridgehead atoms. The standard InChI is InChI=1S/C9H18N2OS/c1-7(2)11-9(13)10-6-8-4-3-5-12-8/h7-8H,3-6H2,1-2H3,(H2,10,11,13). The van der Waals surface area contributed by atoms with Crippen molar-refractivity contribution < 1.29 is 4.74 Å². The summed E-state index contributed by atoms with van der Waals surface area (Å²) in [7, 11) is 0. The average molecular weight is 202 g/mol. The van der Waals surface area contributed by atoms with E-state index in [0.717, 1.165) is 24.7 Å². The predicted octanol–water partition coefficient (Wildman–Crippen LogP) is 1.04. The molecule has 1 atom stereocenters. The van der Waals surface area contributed by atoms with Crippen molar-refractivity contribution in [2.24, 2.45) is 0 Å². The van der Waals surface area contributed by atoms with Gasteiger partial charge in [0, 0.05) is 19.2 Å². The van der Waals surface area contributed by atoms with Crippen LogP contribution in [0.1, 0.15) is 26.7 Å². The molecule has 0 saturated carbocycles. The SMILES string of the molecule is CC(C)NC(=S)NCC1CCCO1. The zero-order valence-corrected chi connectivity index (χ0v) is 9.12. The molecular formula is C9H18N2OS. The summed E-state index contributed by atoms with van der Waals surface area (Å²) < 4.78 is 5.46. The molecule has 13 heavy (non-hydrogen) atoms. The summed E-state index contributed by atoms with van der Waals surface area (Å²) in [6.07, 6.45) is 2.68. The van der Waals surface area contributed by atoms with Gasteiger partial charge in [0.1, 0.15) is 0 Å². The minimum absolute atomic E-state index is 0.354. The summed E-state index contributed by atoms with van der Waals surface area (Å²) in [5.74, 6) is 0. The van der Waals surface area contributed by atoms with Crippen molar-refractivity contribution in [1.82, 2.24) is 10.6 Å². The summed E-state index contributed by atoms with van der Waals surface area (Å²) >= 11 is 5.09. The van der Waals surface area contributed by atoms with Crippen molar-refractivity contribution in [3.63, 3.8) is 0 Å². The highest BCUT2D eigenvalue weighted by atomic mass is 32.1. The second kappa shape index (κ2) is 5.40. The first kappa shape index (κ1) is 10.7. The first-order valence-electron chi connectivity index (χ1n) is 4.84. The first-order valence-corrected chi connectivity index (χ1v) is 5.25. The highest BCUT2D eigenvalue weighted by Crippen LogP contribution is 2.10. The van der Waals surface area contributed by atoms with Crippen LogP contribution in [0.4, 0.5) is 0 Å². The third-order valence-corrected chi connectivity index (χ3v) is 2.20. The Balaban J connectivity index is 2.07.